The molecule has 4 N–H and O–H groups in total. The number of nitrogens with one attached hydrogen (secondary N) is 2. The first-order valence-corrected chi connectivity index (χ1v) is 18.2. The normalized spacial score (nSPS) is 20.3. The van der Waals surface area contributed by atoms with Crippen molar-refractivity contribution in [3.8, 4) is 0 Å². The van der Waals surface area contributed by atoms with Gasteiger partial charge in [-0.2, -0.15) is 4.98 Å². The number of anilines is 2. The first kappa shape index (κ1) is 51.2. The largest absolute Gasteiger partial charge is 1.00 e. The van der Waals surface area contributed by atoms with Crippen molar-refractivity contribution in [1.29, 1.82) is 0 Å². The van der Waals surface area contributed by atoms with Crippen LogP contribution in [-0.2, 0) is 47.7 Å². The summed E-state index contributed by atoms with van der Waals surface area (Å²) >= 11 is 0. The molecule has 4 aromatic rings. The summed E-state index contributed by atoms with van der Waals surface area (Å²) in [5.74, 6) is -1.23. The summed E-state index contributed by atoms with van der Waals surface area (Å²) in [5, 5.41) is 2.83. The first-order chi connectivity index (χ1) is 23.1. The van der Waals surface area contributed by atoms with Crippen LogP contribution in [0.25, 0.3) is 11.2 Å². The Balaban J connectivity index is 0.00000351. The molecule has 1 aliphatic rings. The van der Waals surface area contributed by atoms with Gasteiger partial charge in [-0.3, -0.25) is 27.8 Å². The van der Waals surface area contributed by atoms with Gasteiger partial charge in [0.05, 0.1) is 32.9 Å². The third-order valence-electron chi connectivity index (χ3n) is 6.75. The number of nitrogens with two attached hydrogens (primary N) is 1. The number of aromatic nitrogens is 4. The number of imidazole rings is 1. The van der Waals surface area contributed by atoms with Gasteiger partial charge in [0.2, 0.25) is 5.95 Å². The van der Waals surface area contributed by atoms with Crippen LogP contribution in [0.1, 0.15) is 22.1 Å². The van der Waals surface area contributed by atoms with E-state index in [1.165, 1.54) is 10.6 Å². The Morgan fingerprint density at radius 1 is 0.962 bits per heavy atom. The number of nitrogen functional groups attached to an aromatic ring is 1. The molecule has 53 heavy (non-hydrogen) atoms. The number of rotatable bonds is 14. The van der Waals surface area contributed by atoms with Crippen molar-refractivity contribution in [2.75, 3.05) is 24.7 Å². The summed E-state index contributed by atoms with van der Waals surface area (Å²) in [7, 11) is -17.0. The summed E-state index contributed by atoms with van der Waals surface area (Å²) in [6.45, 7) is -1.25. The van der Waals surface area contributed by atoms with Crippen molar-refractivity contribution < 1.29 is 184 Å². The van der Waals surface area contributed by atoms with Crippen LogP contribution in [-0.4, -0.2) is 57.5 Å². The predicted octanol–water partition coefficient (Wildman–Crippen LogP) is -12.7. The summed E-state index contributed by atoms with van der Waals surface area (Å²) in [5.41, 5.74) is 5.82. The van der Waals surface area contributed by atoms with E-state index < -0.39 is 66.1 Å². The number of nitrogens with zero attached hydrogens (tertiary/aromatic N) is 3. The van der Waals surface area contributed by atoms with Gasteiger partial charge in [-0.25, -0.2) is 14.1 Å². The number of carbonyl (C=O) groups is 1. The second kappa shape index (κ2) is 21.8. The minimum Gasteiger partial charge on any atom is -0.790 e. The average Bonchev–Trinajstić information content (AvgIpc) is 3.58. The molecule has 28 heteroatoms. The van der Waals surface area contributed by atoms with Gasteiger partial charge in [-0.15, -0.1) is 0 Å². The molecule has 21 nitrogen and oxygen atoms in total. The van der Waals surface area contributed by atoms with Crippen molar-refractivity contribution >= 4 is 52.2 Å². The Kier molecular flexibility index (Phi) is 21.1. The molecule has 3 heterocycles. The van der Waals surface area contributed by atoms with Crippen molar-refractivity contribution in [3.05, 3.63) is 82.4 Å². The average molecular weight is 834 g/mol. The summed E-state index contributed by atoms with van der Waals surface area (Å²) in [6, 6.07) is 14.9. The van der Waals surface area contributed by atoms with Gasteiger partial charge < -0.3 is 53.9 Å². The van der Waals surface area contributed by atoms with Gasteiger partial charge in [0.25, 0.3) is 21.2 Å². The minimum atomic E-state index is -6.29. The molecule has 6 atom stereocenters. The molecule has 1 saturated heterocycles. The van der Waals surface area contributed by atoms with Crippen LogP contribution in [0.4, 0.5) is 11.6 Å². The number of aromatic amines is 1. The number of carbonyl (C=O) groups excluding carboxylic acids is 1. The quantitative estimate of drug-likeness (QED) is 0.0603. The monoisotopic (exact) mass is 834 g/mol. The molecule has 2 aromatic carbocycles. The van der Waals surface area contributed by atoms with E-state index in [4.69, 9.17) is 19.9 Å². The molecule has 1 fully saturated rings. The van der Waals surface area contributed by atoms with Gasteiger partial charge in [0.15, 0.2) is 23.5 Å². The molecule has 0 saturated carbocycles. The molecular formula is C25H25N6Na4O15P3. The molecule has 2 unspecified atom stereocenters. The summed E-state index contributed by atoms with van der Waals surface area (Å²) < 4.78 is 65.7. The van der Waals surface area contributed by atoms with Crippen LogP contribution in [0.2, 0.25) is 0 Å². The molecule has 1 aliphatic heterocycles. The Morgan fingerprint density at radius 3 is 2.25 bits per heavy atom. The van der Waals surface area contributed by atoms with E-state index in [1.807, 2.05) is 0 Å². The molecular weight excluding hydrogens is 809 g/mol. The van der Waals surface area contributed by atoms with Gasteiger partial charge in [-0.1, -0.05) is 42.5 Å². The van der Waals surface area contributed by atoms with E-state index in [0.717, 1.165) is 6.33 Å². The molecule has 0 bridgehead atoms. The van der Waals surface area contributed by atoms with E-state index in [2.05, 4.69) is 33.4 Å². The number of hydrogen-bond donors (Lipinski definition) is 3. The number of fused-ring (bicyclic) bond motifs is 1. The van der Waals surface area contributed by atoms with E-state index in [9.17, 15) is 42.9 Å². The standard InChI is InChI=1S/C25H29N6O15P3.4Na/c1-27-16-10-6-5-9-15(16)24(33)44-19-17(12-42-48(37,38)46-49(39,40)45-47(34,35)36)43-23(20(19)41-11-14-7-3-2-4-8-14)31-13-28-18-21(31)29-25(26)30-22(18)32;;;;/h2-10,13,17,19-20,23,27H,11-12H2,1H3,(H,37,38)(H,39,40)(H2,34,35,36)(H3,26,29,30,32);;;;/q;4*+1/p-4/t17-,19-,20-,23-;;;;/m1..../s1. The molecule has 0 aliphatic carbocycles. The number of H-pyrrole nitrogens is 1. The first-order valence-electron chi connectivity index (χ1n) is 13.8. The Labute approximate surface area is 389 Å². The number of para-hydroxylation sites is 1. The number of esters is 1. The maximum atomic E-state index is 13.5. The zero-order valence-electron chi connectivity index (χ0n) is 28.9. The van der Waals surface area contributed by atoms with Crippen molar-refractivity contribution in [1.82, 2.24) is 19.5 Å². The van der Waals surface area contributed by atoms with Crippen molar-refractivity contribution in [2.45, 2.75) is 31.1 Å². The third kappa shape index (κ3) is 13.9. The summed E-state index contributed by atoms with van der Waals surface area (Å²) in [6.07, 6.45) is -4.75. The molecule has 0 amide bonds. The number of ether oxygens (including phenoxy) is 3. The van der Waals surface area contributed by atoms with Crippen molar-refractivity contribution in [3.63, 3.8) is 0 Å². The number of phosphoric ester groups is 1. The van der Waals surface area contributed by atoms with Gasteiger partial charge in [-0.05, 0) is 17.7 Å². The van der Waals surface area contributed by atoms with Crippen LogP contribution in [0.3, 0.4) is 0 Å². The van der Waals surface area contributed by atoms with Gasteiger partial charge in [0, 0.05) is 12.7 Å². The molecule has 5 rings (SSSR count). The predicted molar refractivity (Wildman–Crippen MR) is 158 cm³/mol. The molecule has 0 spiro atoms. The topological polar surface area (TPSA) is 318 Å². The third-order valence-corrected chi connectivity index (χ3v) is 10.4. The molecule has 0 radical (unpaired) electrons. The van der Waals surface area contributed by atoms with Crippen LogP contribution in [0, 0.1) is 0 Å². The smallest absolute Gasteiger partial charge is 0.790 e. The van der Waals surface area contributed by atoms with Crippen LogP contribution in [0.5, 0.6) is 0 Å². The van der Waals surface area contributed by atoms with Crippen molar-refractivity contribution in [2.24, 2.45) is 0 Å². The zero-order valence-corrected chi connectivity index (χ0v) is 39.6. The fourth-order valence-electron chi connectivity index (χ4n) is 4.80. The zero-order chi connectivity index (χ0) is 35.6. The van der Waals surface area contributed by atoms with Gasteiger partial charge >= 0.3 is 124 Å². The second-order valence-electron chi connectivity index (χ2n) is 10.1. The minimum absolute atomic E-state index is 0. The second-order valence-corrected chi connectivity index (χ2v) is 14.3. The number of phosphoric acid groups is 3. The van der Waals surface area contributed by atoms with Crippen LogP contribution < -0.4 is 154 Å². The number of benzene rings is 2. The Hall–Kier alpha value is 0.190. The van der Waals surface area contributed by atoms with E-state index in [0.29, 0.717) is 11.3 Å². The van der Waals surface area contributed by atoms with E-state index >= 15 is 0 Å². The molecule has 2 aromatic heterocycles. The van der Waals surface area contributed by atoms with Gasteiger partial charge in [0.1, 0.15) is 12.2 Å². The van der Waals surface area contributed by atoms with Crippen LogP contribution >= 0.6 is 23.5 Å². The van der Waals surface area contributed by atoms with Crippen LogP contribution in [0.15, 0.2) is 65.7 Å². The fourth-order valence-corrected chi connectivity index (χ4v) is 7.66. The fraction of sp³-hybridized carbons (Fsp3) is 0.280. The molecule has 264 valence electrons. The maximum absolute atomic E-state index is 13.5. The summed E-state index contributed by atoms with van der Waals surface area (Å²) in [4.78, 5) is 82.1. The number of hydrogen-bond acceptors (Lipinski definition) is 19. The Bertz CT molecular complexity index is 2040. The van der Waals surface area contributed by atoms with E-state index in [-0.39, 0.29) is 148 Å². The maximum Gasteiger partial charge on any atom is 1.00 e. The SMILES string of the molecule is CNc1ccccc1C(=O)O[C@H]1[C@@H](OCc2ccccc2)[C@H](n2cnc3c(=O)[nH]c(N)nc32)O[C@@H]1COP(=O)([O-])OP(=O)([O-])OP(=O)([O-])[O-].[Na+].[Na+].[Na+].[Na+]. The van der Waals surface area contributed by atoms with E-state index in [1.54, 1.807) is 55.6 Å². The Morgan fingerprint density at radius 2 is 1.60 bits per heavy atom.